The number of aryl methyl sites for hydroxylation is 1. The van der Waals surface area contributed by atoms with E-state index in [2.05, 4.69) is 21.0 Å². The number of ketones is 1. The highest BCUT2D eigenvalue weighted by Gasteiger charge is 2.14. The van der Waals surface area contributed by atoms with E-state index in [0.717, 1.165) is 21.6 Å². The first-order chi connectivity index (χ1) is 9.49. The highest BCUT2D eigenvalue weighted by atomic mass is 79.9. The number of nitrogens with zero attached hydrogens (tertiary/aromatic N) is 2. The van der Waals surface area contributed by atoms with Crippen LogP contribution in [0.15, 0.2) is 28.7 Å². The van der Waals surface area contributed by atoms with Crippen molar-refractivity contribution >= 4 is 21.7 Å². The smallest absolute Gasteiger partial charge is 0.163 e. The molecule has 0 N–H and O–H groups in total. The summed E-state index contributed by atoms with van der Waals surface area (Å²) < 4.78 is 8.49. The van der Waals surface area contributed by atoms with Crippen molar-refractivity contribution in [3.05, 3.63) is 45.7 Å². The van der Waals surface area contributed by atoms with Crippen LogP contribution >= 0.6 is 15.9 Å². The van der Waals surface area contributed by atoms with Gasteiger partial charge >= 0.3 is 0 Å². The molecule has 0 atom stereocenters. The fourth-order valence-corrected chi connectivity index (χ4v) is 2.61. The molecule has 0 radical (unpaired) electrons. The van der Waals surface area contributed by atoms with Crippen molar-refractivity contribution in [1.82, 2.24) is 9.78 Å². The van der Waals surface area contributed by atoms with Gasteiger partial charge in [-0.15, -0.1) is 0 Å². The van der Waals surface area contributed by atoms with Crippen molar-refractivity contribution < 1.29 is 9.53 Å². The summed E-state index contributed by atoms with van der Waals surface area (Å²) in [5, 5.41) is 4.39. The van der Waals surface area contributed by atoms with Gasteiger partial charge in [0.05, 0.1) is 17.8 Å². The van der Waals surface area contributed by atoms with Gasteiger partial charge in [-0.25, -0.2) is 0 Å². The number of hydrogen-bond acceptors (Lipinski definition) is 3. The summed E-state index contributed by atoms with van der Waals surface area (Å²) in [5.41, 5.74) is 2.39. The van der Waals surface area contributed by atoms with E-state index in [0.29, 0.717) is 18.7 Å². The van der Waals surface area contributed by atoms with Crippen molar-refractivity contribution in [2.45, 2.75) is 27.3 Å². The molecule has 0 bridgehead atoms. The summed E-state index contributed by atoms with van der Waals surface area (Å²) in [6.45, 7) is 6.47. The van der Waals surface area contributed by atoms with Crippen LogP contribution in [-0.2, 0) is 6.54 Å². The van der Waals surface area contributed by atoms with Gasteiger partial charge in [0, 0.05) is 10.2 Å². The van der Waals surface area contributed by atoms with Crippen molar-refractivity contribution in [3.63, 3.8) is 0 Å². The first-order valence-electron chi connectivity index (χ1n) is 6.42. The van der Waals surface area contributed by atoms with E-state index in [4.69, 9.17) is 4.74 Å². The Morgan fingerprint density at radius 1 is 1.40 bits per heavy atom. The lowest BCUT2D eigenvalue weighted by molar-refractivity contribution is 0.101. The van der Waals surface area contributed by atoms with Crippen LogP contribution in [0.2, 0.25) is 0 Å². The first kappa shape index (κ1) is 14.8. The van der Waals surface area contributed by atoms with E-state index in [-0.39, 0.29) is 5.78 Å². The average molecular weight is 337 g/mol. The second kappa shape index (κ2) is 6.22. The number of hydrogen-bond donors (Lipinski definition) is 0. The van der Waals surface area contributed by atoms with E-state index >= 15 is 0 Å². The Kier molecular flexibility index (Phi) is 4.60. The Labute approximate surface area is 126 Å². The minimum absolute atomic E-state index is 0.0548. The fraction of sp³-hybridized carbons (Fsp3) is 0.333. The lowest BCUT2D eigenvalue weighted by atomic mass is 10.1. The number of carbonyl (C=O) groups excluding carboxylic acids is 1. The molecule has 0 amide bonds. The van der Waals surface area contributed by atoms with E-state index in [1.807, 2.05) is 42.8 Å². The molecule has 2 rings (SSSR count). The molecule has 1 aromatic carbocycles. The van der Waals surface area contributed by atoms with Gasteiger partial charge < -0.3 is 4.74 Å². The van der Waals surface area contributed by atoms with Gasteiger partial charge in [-0.05, 0) is 39.0 Å². The quantitative estimate of drug-likeness (QED) is 0.784. The summed E-state index contributed by atoms with van der Waals surface area (Å²) in [6.07, 6.45) is 0. The van der Waals surface area contributed by atoms with Gasteiger partial charge in [0.25, 0.3) is 0 Å². The van der Waals surface area contributed by atoms with Crippen LogP contribution in [-0.4, -0.2) is 22.2 Å². The minimum atomic E-state index is 0.0548. The summed E-state index contributed by atoms with van der Waals surface area (Å²) in [5.74, 6) is 0.867. The Morgan fingerprint density at radius 3 is 2.75 bits per heavy atom. The molecule has 0 spiro atoms. The van der Waals surface area contributed by atoms with Crippen LogP contribution in [0.1, 0.15) is 28.7 Å². The number of ether oxygens (including phenoxy) is 1. The molecule has 1 heterocycles. The predicted octanol–water partition coefficient (Wildman–Crippen LogP) is 3.54. The summed E-state index contributed by atoms with van der Waals surface area (Å²) in [6, 6.07) is 7.71. The SMILES string of the molecule is CC(=O)c1c(C)nn(CCOc2cccc(Br)c2)c1C. The third-order valence-corrected chi connectivity index (χ3v) is 3.59. The third kappa shape index (κ3) is 3.28. The maximum absolute atomic E-state index is 11.5. The minimum Gasteiger partial charge on any atom is -0.492 e. The van der Waals surface area contributed by atoms with Crippen LogP contribution in [0.25, 0.3) is 0 Å². The zero-order chi connectivity index (χ0) is 14.7. The van der Waals surface area contributed by atoms with Crippen LogP contribution < -0.4 is 4.74 Å². The number of rotatable bonds is 5. The summed E-state index contributed by atoms with van der Waals surface area (Å²) >= 11 is 3.40. The van der Waals surface area contributed by atoms with E-state index in [1.165, 1.54) is 0 Å². The molecule has 5 heteroatoms. The second-order valence-corrected chi connectivity index (χ2v) is 5.55. The van der Waals surface area contributed by atoms with E-state index in [9.17, 15) is 4.79 Å². The van der Waals surface area contributed by atoms with Gasteiger partial charge in [0.15, 0.2) is 5.78 Å². The maximum atomic E-state index is 11.5. The van der Waals surface area contributed by atoms with Crippen LogP contribution in [0.3, 0.4) is 0 Å². The molecule has 0 saturated heterocycles. The molecule has 4 nitrogen and oxygen atoms in total. The van der Waals surface area contributed by atoms with Crippen molar-refractivity contribution in [2.75, 3.05) is 6.61 Å². The van der Waals surface area contributed by atoms with Crippen LogP contribution in [0.5, 0.6) is 5.75 Å². The van der Waals surface area contributed by atoms with Gasteiger partial charge in [-0.1, -0.05) is 22.0 Å². The van der Waals surface area contributed by atoms with E-state index < -0.39 is 0 Å². The molecule has 0 unspecified atom stereocenters. The number of Topliss-reactive ketones (excluding diaryl/α,β-unsaturated/α-hetero) is 1. The molecular formula is C15H17BrN2O2. The number of carbonyl (C=O) groups is 1. The zero-order valence-electron chi connectivity index (χ0n) is 11.8. The lowest BCUT2D eigenvalue weighted by Gasteiger charge is -2.08. The Morgan fingerprint density at radius 2 is 2.15 bits per heavy atom. The van der Waals surface area contributed by atoms with Gasteiger partial charge in [0.2, 0.25) is 0 Å². The zero-order valence-corrected chi connectivity index (χ0v) is 13.4. The summed E-state index contributed by atoms with van der Waals surface area (Å²) in [7, 11) is 0. The van der Waals surface area contributed by atoms with Crippen molar-refractivity contribution in [2.24, 2.45) is 0 Å². The molecule has 0 aliphatic heterocycles. The normalized spacial score (nSPS) is 10.6. The van der Waals surface area contributed by atoms with Gasteiger partial charge in [0.1, 0.15) is 12.4 Å². The highest BCUT2D eigenvalue weighted by Crippen LogP contribution is 2.18. The molecule has 2 aromatic rings. The number of aromatic nitrogens is 2. The largest absolute Gasteiger partial charge is 0.492 e. The Bertz CT molecular complexity index is 635. The van der Waals surface area contributed by atoms with Crippen LogP contribution in [0.4, 0.5) is 0 Å². The van der Waals surface area contributed by atoms with Crippen molar-refractivity contribution in [3.8, 4) is 5.75 Å². The molecular weight excluding hydrogens is 320 g/mol. The molecule has 20 heavy (non-hydrogen) atoms. The Balaban J connectivity index is 2.01. The molecule has 106 valence electrons. The topological polar surface area (TPSA) is 44.1 Å². The third-order valence-electron chi connectivity index (χ3n) is 3.10. The molecule has 0 aliphatic rings. The van der Waals surface area contributed by atoms with Crippen LogP contribution in [0, 0.1) is 13.8 Å². The molecule has 0 fully saturated rings. The highest BCUT2D eigenvalue weighted by molar-refractivity contribution is 9.10. The number of benzene rings is 1. The molecule has 0 saturated carbocycles. The number of halogens is 1. The molecule has 1 aromatic heterocycles. The summed E-state index contributed by atoms with van der Waals surface area (Å²) in [4.78, 5) is 11.5. The predicted molar refractivity (Wildman–Crippen MR) is 81.3 cm³/mol. The first-order valence-corrected chi connectivity index (χ1v) is 7.21. The van der Waals surface area contributed by atoms with Gasteiger partial charge in [-0.3, -0.25) is 9.48 Å². The van der Waals surface area contributed by atoms with Gasteiger partial charge in [-0.2, -0.15) is 5.10 Å². The van der Waals surface area contributed by atoms with E-state index in [1.54, 1.807) is 6.92 Å². The fourth-order valence-electron chi connectivity index (χ4n) is 2.23. The monoisotopic (exact) mass is 336 g/mol. The maximum Gasteiger partial charge on any atom is 0.163 e. The lowest BCUT2D eigenvalue weighted by Crippen LogP contribution is -2.11. The standard InChI is InChI=1S/C15H17BrN2O2/c1-10-15(12(3)19)11(2)18(17-10)7-8-20-14-6-4-5-13(16)9-14/h4-6,9H,7-8H2,1-3H3. The van der Waals surface area contributed by atoms with Crippen molar-refractivity contribution in [1.29, 1.82) is 0 Å². The second-order valence-electron chi connectivity index (χ2n) is 4.63. The Hall–Kier alpha value is -1.62. The molecule has 0 aliphatic carbocycles. The average Bonchev–Trinajstić information content (AvgIpc) is 2.64.